The van der Waals surface area contributed by atoms with E-state index in [2.05, 4.69) is 5.32 Å². The molecule has 0 fully saturated rings. The van der Waals surface area contributed by atoms with E-state index in [9.17, 15) is 9.59 Å². The average Bonchev–Trinajstić information content (AvgIpc) is 2.43. The molecule has 0 aliphatic heterocycles. The number of carboxylic acid groups (broad SMARTS) is 1. The fourth-order valence-corrected chi connectivity index (χ4v) is 1.37. The highest BCUT2D eigenvalue weighted by Gasteiger charge is 2.20. The molecule has 0 saturated heterocycles. The minimum atomic E-state index is -1.36. The quantitative estimate of drug-likeness (QED) is 0.665. The van der Waals surface area contributed by atoms with Crippen molar-refractivity contribution >= 4 is 11.9 Å². The highest BCUT2D eigenvalue weighted by atomic mass is 16.5. The van der Waals surface area contributed by atoms with E-state index < -0.39 is 24.5 Å². The van der Waals surface area contributed by atoms with Crippen molar-refractivity contribution in [1.82, 2.24) is 5.32 Å². The zero-order chi connectivity index (χ0) is 14.4. The van der Waals surface area contributed by atoms with Crippen LogP contribution in [0.2, 0.25) is 0 Å². The van der Waals surface area contributed by atoms with E-state index >= 15 is 0 Å². The maximum Gasteiger partial charge on any atom is 0.328 e. The van der Waals surface area contributed by atoms with Crippen molar-refractivity contribution in [2.75, 3.05) is 20.8 Å². The Balaban J connectivity index is 2.95. The van der Waals surface area contributed by atoms with Crippen molar-refractivity contribution in [3.63, 3.8) is 0 Å². The monoisotopic (exact) mass is 269 g/mol. The molecule has 0 aromatic heterocycles. The van der Waals surface area contributed by atoms with Crippen molar-refractivity contribution < 1.29 is 29.3 Å². The molecule has 0 aliphatic carbocycles. The zero-order valence-electron chi connectivity index (χ0n) is 10.5. The van der Waals surface area contributed by atoms with Gasteiger partial charge in [-0.05, 0) is 12.1 Å². The molecule has 19 heavy (non-hydrogen) atoms. The Morgan fingerprint density at radius 1 is 1.21 bits per heavy atom. The summed E-state index contributed by atoms with van der Waals surface area (Å²) in [5.41, 5.74) is 0.177. The van der Waals surface area contributed by atoms with Gasteiger partial charge in [0, 0.05) is 11.6 Å². The van der Waals surface area contributed by atoms with Crippen LogP contribution in [0.15, 0.2) is 18.2 Å². The summed E-state index contributed by atoms with van der Waals surface area (Å²) in [5.74, 6) is -1.15. The second-order valence-corrected chi connectivity index (χ2v) is 3.65. The number of aliphatic carboxylic acids is 1. The predicted molar refractivity (Wildman–Crippen MR) is 65.5 cm³/mol. The summed E-state index contributed by atoms with van der Waals surface area (Å²) >= 11 is 0. The molecule has 0 heterocycles. The first-order valence-corrected chi connectivity index (χ1v) is 5.39. The number of ether oxygens (including phenoxy) is 2. The Hall–Kier alpha value is -2.28. The van der Waals surface area contributed by atoms with E-state index in [1.54, 1.807) is 6.07 Å². The van der Waals surface area contributed by atoms with Crippen molar-refractivity contribution in [3.05, 3.63) is 23.8 Å². The van der Waals surface area contributed by atoms with Gasteiger partial charge in [0.25, 0.3) is 5.91 Å². The van der Waals surface area contributed by atoms with Crippen LogP contribution in [0.25, 0.3) is 0 Å². The van der Waals surface area contributed by atoms with E-state index in [0.29, 0.717) is 11.5 Å². The summed E-state index contributed by atoms with van der Waals surface area (Å²) in [6.07, 6.45) is 0. The highest BCUT2D eigenvalue weighted by molar-refractivity contribution is 5.97. The van der Waals surface area contributed by atoms with E-state index in [1.165, 1.54) is 26.4 Å². The molecule has 0 radical (unpaired) electrons. The number of nitrogens with one attached hydrogen (secondary N) is 1. The Bertz CT molecular complexity index is 451. The van der Waals surface area contributed by atoms with Gasteiger partial charge in [-0.3, -0.25) is 4.79 Å². The van der Waals surface area contributed by atoms with Crippen LogP contribution >= 0.6 is 0 Å². The van der Waals surface area contributed by atoms with Gasteiger partial charge in [0.05, 0.1) is 20.8 Å². The van der Waals surface area contributed by atoms with Crippen molar-refractivity contribution in [3.8, 4) is 11.5 Å². The van der Waals surface area contributed by atoms with Gasteiger partial charge in [0.2, 0.25) is 0 Å². The normalized spacial score (nSPS) is 11.5. The number of carbonyl (C=O) groups excluding carboxylic acids is 1. The number of carbonyl (C=O) groups is 2. The van der Waals surface area contributed by atoms with Gasteiger partial charge in [-0.25, -0.2) is 4.79 Å². The van der Waals surface area contributed by atoms with Crippen LogP contribution in [0, 0.1) is 0 Å². The van der Waals surface area contributed by atoms with E-state index in [0.717, 1.165) is 0 Å². The molecular weight excluding hydrogens is 254 g/mol. The van der Waals surface area contributed by atoms with Crippen LogP contribution in [0.3, 0.4) is 0 Å². The first-order chi connectivity index (χ1) is 9.01. The molecule has 1 rings (SSSR count). The lowest BCUT2D eigenvalue weighted by atomic mass is 10.1. The fourth-order valence-electron chi connectivity index (χ4n) is 1.37. The van der Waals surface area contributed by atoms with Gasteiger partial charge in [-0.15, -0.1) is 0 Å². The maximum atomic E-state index is 11.9. The van der Waals surface area contributed by atoms with E-state index in [-0.39, 0.29) is 5.56 Å². The van der Waals surface area contributed by atoms with Crippen LogP contribution < -0.4 is 14.8 Å². The van der Waals surface area contributed by atoms with Gasteiger partial charge in [-0.1, -0.05) is 0 Å². The summed E-state index contributed by atoms with van der Waals surface area (Å²) in [6.45, 7) is -0.692. The third kappa shape index (κ3) is 3.85. The molecule has 0 spiro atoms. The number of aliphatic hydroxyl groups is 1. The minimum Gasteiger partial charge on any atom is -0.497 e. The fraction of sp³-hybridized carbons (Fsp3) is 0.333. The number of carboxylic acids is 1. The Labute approximate surface area is 109 Å². The lowest BCUT2D eigenvalue weighted by Gasteiger charge is -2.13. The lowest BCUT2D eigenvalue weighted by Crippen LogP contribution is -2.43. The third-order valence-electron chi connectivity index (χ3n) is 2.40. The standard InChI is InChI=1S/C12H15NO6/c1-18-8-3-7(4-9(5-8)19-2)11(15)13-10(6-14)12(16)17/h3-5,10,14H,6H2,1-2H3,(H,13,15)(H,16,17)/t10-/m1/s1. The number of hydrogen-bond donors (Lipinski definition) is 3. The Morgan fingerprint density at radius 3 is 2.11 bits per heavy atom. The Kier molecular flexibility index (Phi) is 5.13. The first kappa shape index (κ1) is 14.8. The molecule has 1 aromatic rings. The number of benzene rings is 1. The molecule has 0 aliphatic rings. The topological polar surface area (TPSA) is 105 Å². The minimum absolute atomic E-state index is 0.177. The van der Waals surface area contributed by atoms with Gasteiger partial charge in [0.1, 0.15) is 11.5 Å². The number of aliphatic hydroxyl groups excluding tert-OH is 1. The number of methoxy groups -OCH3 is 2. The third-order valence-corrected chi connectivity index (χ3v) is 2.40. The molecular formula is C12H15NO6. The van der Waals surface area contributed by atoms with Crippen molar-refractivity contribution in [2.24, 2.45) is 0 Å². The molecule has 104 valence electrons. The highest BCUT2D eigenvalue weighted by Crippen LogP contribution is 2.22. The number of rotatable bonds is 6. The zero-order valence-corrected chi connectivity index (χ0v) is 10.5. The average molecular weight is 269 g/mol. The van der Waals surface area contributed by atoms with Crippen LogP contribution in [-0.2, 0) is 4.79 Å². The molecule has 1 amide bonds. The summed E-state index contributed by atoms with van der Waals surface area (Å²) in [5, 5.41) is 19.8. The molecule has 0 bridgehead atoms. The first-order valence-electron chi connectivity index (χ1n) is 5.39. The summed E-state index contributed by atoms with van der Waals surface area (Å²) in [7, 11) is 2.87. The summed E-state index contributed by atoms with van der Waals surface area (Å²) < 4.78 is 10.0. The lowest BCUT2D eigenvalue weighted by molar-refractivity contribution is -0.140. The molecule has 0 saturated carbocycles. The number of amides is 1. The second-order valence-electron chi connectivity index (χ2n) is 3.65. The van der Waals surface area contributed by atoms with E-state index in [1.807, 2.05) is 0 Å². The van der Waals surface area contributed by atoms with Crippen LogP contribution in [0.4, 0.5) is 0 Å². The Morgan fingerprint density at radius 2 is 1.74 bits per heavy atom. The molecule has 1 aromatic carbocycles. The van der Waals surface area contributed by atoms with Crippen molar-refractivity contribution in [2.45, 2.75) is 6.04 Å². The molecule has 3 N–H and O–H groups in total. The summed E-state index contributed by atoms with van der Waals surface area (Å²) in [6, 6.07) is 3.10. The number of hydrogen-bond acceptors (Lipinski definition) is 5. The van der Waals surface area contributed by atoms with E-state index in [4.69, 9.17) is 19.7 Å². The largest absolute Gasteiger partial charge is 0.497 e. The molecule has 1 atom stereocenters. The van der Waals surface area contributed by atoms with Crippen LogP contribution in [-0.4, -0.2) is 49.0 Å². The van der Waals surface area contributed by atoms with Crippen molar-refractivity contribution in [1.29, 1.82) is 0 Å². The van der Waals surface area contributed by atoms with Gasteiger partial charge in [-0.2, -0.15) is 0 Å². The molecule has 7 heteroatoms. The summed E-state index contributed by atoms with van der Waals surface area (Å²) in [4.78, 5) is 22.6. The predicted octanol–water partition coefficient (Wildman–Crippen LogP) is -0.121. The van der Waals surface area contributed by atoms with Gasteiger partial charge in [0.15, 0.2) is 6.04 Å². The second kappa shape index (κ2) is 6.60. The maximum absolute atomic E-state index is 11.9. The molecule has 7 nitrogen and oxygen atoms in total. The molecule has 0 unspecified atom stereocenters. The van der Waals surface area contributed by atoms with Gasteiger partial charge >= 0.3 is 5.97 Å². The van der Waals surface area contributed by atoms with Crippen LogP contribution in [0.1, 0.15) is 10.4 Å². The van der Waals surface area contributed by atoms with Crippen LogP contribution in [0.5, 0.6) is 11.5 Å². The SMILES string of the molecule is COc1cc(OC)cc(C(=O)N[C@H](CO)C(=O)O)c1. The smallest absolute Gasteiger partial charge is 0.328 e. The van der Waals surface area contributed by atoms with Gasteiger partial charge < -0.3 is 25.0 Å².